The Labute approximate surface area is 96.5 Å². The summed E-state index contributed by atoms with van der Waals surface area (Å²) in [4.78, 5) is 0. The van der Waals surface area contributed by atoms with Crippen LogP contribution in [0.4, 0.5) is 0 Å². The summed E-state index contributed by atoms with van der Waals surface area (Å²) < 4.78 is 0. The average molecular weight is 208 g/mol. The van der Waals surface area contributed by atoms with E-state index in [-0.39, 0.29) is 0 Å². The van der Waals surface area contributed by atoms with Crippen LogP contribution in [0.3, 0.4) is 0 Å². The van der Waals surface area contributed by atoms with Crippen LogP contribution in [-0.4, -0.2) is 0 Å². The molecule has 0 unspecified atom stereocenters. The highest BCUT2D eigenvalue weighted by molar-refractivity contribution is 5.30. The fourth-order valence-electron chi connectivity index (χ4n) is 2.19. The Kier molecular flexibility index (Phi) is 8.46. The molecule has 0 saturated heterocycles. The highest BCUT2D eigenvalue weighted by Crippen LogP contribution is 2.28. The molecule has 0 aromatic carbocycles. The van der Waals surface area contributed by atoms with E-state index in [1.54, 1.807) is 5.57 Å². The highest BCUT2D eigenvalue weighted by Gasteiger charge is 2.13. The lowest BCUT2D eigenvalue weighted by Crippen LogP contribution is -2.05. The second-order valence-electron chi connectivity index (χ2n) is 4.31. The molecule has 0 aliphatic rings. The molecule has 0 aliphatic heterocycles. The third-order valence-corrected chi connectivity index (χ3v) is 3.03. The second-order valence-corrected chi connectivity index (χ2v) is 4.31. The first-order chi connectivity index (χ1) is 7.21. The molecule has 0 bridgehead atoms. The molecule has 0 spiro atoms. The molecule has 0 N–H and O–H groups in total. The van der Waals surface area contributed by atoms with Gasteiger partial charge in [0.1, 0.15) is 0 Å². The van der Waals surface area contributed by atoms with E-state index in [1.165, 1.54) is 31.3 Å². The maximum absolute atomic E-state index is 2.42. The number of allylic oxidation sites excluding steroid dienone is 4. The van der Waals surface area contributed by atoms with E-state index in [1.807, 2.05) is 0 Å². The molecule has 0 aliphatic carbocycles. The van der Waals surface area contributed by atoms with E-state index in [4.69, 9.17) is 0 Å². The van der Waals surface area contributed by atoms with Gasteiger partial charge < -0.3 is 0 Å². The van der Waals surface area contributed by atoms with Gasteiger partial charge in [0, 0.05) is 0 Å². The minimum atomic E-state index is 0.788. The molecule has 0 atom stereocenters. The zero-order valence-electron chi connectivity index (χ0n) is 11.3. The third-order valence-electron chi connectivity index (χ3n) is 3.03. The molecule has 0 saturated carbocycles. The van der Waals surface area contributed by atoms with E-state index in [0.29, 0.717) is 0 Å². The monoisotopic (exact) mass is 208 g/mol. The molecular weight excluding hydrogens is 180 g/mol. The van der Waals surface area contributed by atoms with E-state index < -0.39 is 0 Å². The predicted octanol–water partition coefficient (Wildman–Crippen LogP) is 5.51. The zero-order valence-corrected chi connectivity index (χ0v) is 11.3. The standard InChI is InChI=1S/C15H28/c1-6-10-14(11-7-2)15(12-8-3)13(5)9-4/h9,12,14H,6-8,10-11H2,1-5H3. The SMILES string of the molecule is CC=C(C)C(=CCC)C(CCC)CCC. The number of hydrogen-bond donors (Lipinski definition) is 0. The van der Waals surface area contributed by atoms with Crippen LogP contribution in [0.15, 0.2) is 23.3 Å². The average Bonchev–Trinajstić information content (AvgIpc) is 2.25. The van der Waals surface area contributed by atoms with Crippen LogP contribution in [0.1, 0.15) is 66.7 Å². The molecule has 0 aromatic rings. The minimum Gasteiger partial charge on any atom is -0.0844 e. The maximum Gasteiger partial charge on any atom is -0.0163 e. The maximum atomic E-state index is 2.42. The van der Waals surface area contributed by atoms with Gasteiger partial charge in [-0.1, -0.05) is 51.3 Å². The molecule has 0 radical (unpaired) electrons. The molecule has 0 fully saturated rings. The van der Waals surface area contributed by atoms with Crippen LogP contribution in [-0.2, 0) is 0 Å². The van der Waals surface area contributed by atoms with Crippen molar-refractivity contribution in [2.75, 3.05) is 0 Å². The molecule has 0 heterocycles. The van der Waals surface area contributed by atoms with Crippen LogP contribution in [0.25, 0.3) is 0 Å². The van der Waals surface area contributed by atoms with Crippen molar-refractivity contribution < 1.29 is 0 Å². The Morgan fingerprint density at radius 1 is 1.07 bits per heavy atom. The molecule has 0 aromatic heterocycles. The molecule has 15 heavy (non-hydrogen) atoms. The fourth-order valence-corrected chi connectivity index (χ4v) is 2.19. The van der Waals surface area contributed by atoms with Gasteiger partial charge in [0.2, 0.25) is 0 Å². The Bertz CT molecular complexity index is 202. The number of hydrogen-bond acceptors (Lipinski definition) is 0. The van der Waals surface area contributed by atoms with Crippen LogP contribution in [0.2, 0.25) is 0 Å². The summed E-state index contributed by atoms with van der Waals surface area (Å²) in [6.07, 6.45) is 11.1. The summed E-state index contributed by atoms with van der Waals surface area (Å²) in [7, 11) is 0. The van der Waals surface area contributed by atoms with Crippen molar-refractivity contribution in [1.82, 2.24) is 0 Å². The summed E-state index contributed by atoms with van der Waals surface area (Å²) in [5, 5.41) is 0. The van der Waals surface area contributed by atoms with Gasteiger partial charge in [0.15, 0.2) is 0 Å². The van der Waals surface area contributed by atoms with Crippen LogP contribution in [0.5, 0.6) is 0 Å². The highest BCUT2D eigenvalue weighted by atomic mass is 14.2. The van der Waals surface area contributed by atoms with Crippen molar-refractivity contribution in [3.05, 3.63) is 23.3 Å². The number of rotatable bonds is 7. The smallest absolute Gasteiger partial charge is 0.0163 e. The first-order valence-corrected chi connectivity index (χ1v) is 6.54. The molecule has 0 amide bonds. The Morgan fingerprint density at radius 3 is 1.93 bits per heavy atom. The Balaban J connectivity index is 4.75. The largest absolute Gasteiger partial charge is 0.0844 e. The summed E-state index contributed by atoms with van der Waals surface area (Å²) in [6, 6.07) is 0. The van der Waals surface area contributed by atoms with Gasteiger partial charge >= 0.3 is 0 Å². The quantitative estimate of drug-likeness (QED) is 0.484. The van der Waals surface area contributed by atoms with E-state index in [9.17, 15) is 0 Å². The van der Waals surface area contributed by atoms with Gasteiger partial charge in [-0.15, -0.1) is 0 Å². The normalized spacial score (nSPS) is 13.7. The predicted molar refractivity (Wildman–Crippen MR) is 71.1 cm³/mol. The van der Waals surface area contributed by atoms with Gasteiger partial charge in [0.25, 0.3) is 0 Å². The van der Waals surface area contributed by atoms with Gasteiger partial charge in [-0.05, 0) is 44.6 Å². The molecule has 0 heteroatoms. The lowest BCUT2D eigenvalue weighted by molar-refractivity contribution is 0.506. The Hall–Kier alpha value is -0.520. The summed E-state index contributed by atoms with van der Waals surface area (Å²) in [5.41, 5.74) is 3.08. The lowest BCUT2D eigenvalue weighted by Gasteiger charge is -2.20. The van der Waals surface area contributed by atoms with Crippen LogP contribution < -0.4 is 0 Å². The molecular formula is C15H28. The topological polar surface area (TPSA) is 0 Å². The van der Waals surface area contributed by atoms with Crippen molar-refractivity contribution >= 4 is 0 Å². The van der Waals surface area contributed by atoms with Crippen molar-refractivity contribution in [3.8, 4) is 0 Å². The van der Waals surface area contributed by atoms with Crippen LogP contribution >= 0.6 is 0 Å². The van der Waals surface area contributed by atoms with Gasteiger partial charge in [-0.25, -0.2) is 0 Å². The summed E-state index contributed by atoms with van der Waals surface area (Å²) in [6.45, 7) is 11.2. The fraction of sp³-hybridized carbons (Fsp3) is 0.733. The molecule has 0 nitrogen and oxygen atoms in total. The van der Waals surface area contributed by atoms with Crippen molar-refractivity contribution in [2.24, 2.45) is 5.92 Å². The van der Waals surface area contributed by atoms with Gasteiger partial charge in [-0.3, -0.25) is 0 Å². The van der Waals surface area contributed by atoms with E-state index in [0.717, 1.165) is 12.3 Å². The lowest BCUT2D eigenvalue weighted by atomic mass is 9.85. The van der Waals surface area contributed by atoms with Crippen molar-refractivity contribution in [2.45, 2.75) is 66.7 Å². The van der Waals surface area contributed by atoms with Crippen LogP contribution in [0, 0.1) is 5.92 Å². The molecule has 88 valence electrons. The van der Waals surface area contributed by atoms with Crippen molar-refractivity contribution in [3.63, 3.8) is 0 Å². The summed E-state index contributed by atoms with van der Waals surface area (Å²) in [5.74, 6) is 0.788. The van der Waals surface area contributed by atoms with Gasteiger partial charge in [0.05, 0.1) is 0 Å². The Morgan fingerprint density at radius 2 is 1.60 bits per heavy atom. The molecule has 0 rings (SSSR count). The van der Waals surface area contributed by atoms with Crippen molar-refractivity contribution in [1.29, 1.82) is 0 Å². The van der Waals surface area contributed by atoms with E-state index in [2.05, 4.69) is 46.8 Å². The first-order valence-electron chi connectivity index (χ1n) is 6.54. The third kappa shape index (κ3) is 5.20. The van der Waals surface area contributed by atoms with Gasteiger partial charge in [-0.2, -0.15) is 0 Å². The first kappa shape index (κ1) is 14.5. The van der Waals surface area contributed by atoms with E-state index >= 15 is 0 Å². The summed E-state index contributed by atoms with van der Waals surface area (Å²) >= 11 is 0. The zero-order chi connectivity index (χ0) is 11.7. The second kappa shape index (κ2) is 8.76. The minimum absolute atomic E-state index is 0.788.